The third-order valence-electron chi connectivity index (χ3n) is 2.82. The topological polar surface area (TPSA) is 87.8 Å². The Balaban J connectivity index is 2.16. The van der Waals surface area contributed by atoms with Crippen LogP contribution in [0.15, 0.2) is 44.2 Å². The van der Waals surface area contributed by atoms with Crippen molar-refractivity contribution in [2.75, 3.05) is 0 Å². The summed E-state index contributed by atoms with van der Waals surface area (Å²) in [6.45, 7) is 0. The van der Waals surface area contributed by atoms with Crippen molar-refractivity contribution in [1.29, 1.82) is 0 Å². The molecule has 0 bridgehead atoms. The van der Waals surface area contributed by atoms with Gasteiger partial charge in [0.15, 0.2) is 0 Å². The van der Waals surface area contributed by atoms with Crippen LogP contribution in [0.2, 0.25) is 0 Å². The van der Waals surface area contributed by atoms with Crippen LogP contribution in [-0.2, 0) is 0 Å². The van der Waals surface area contributed by atoms with Crippen molar-refractivity contribution in [1.82, 2.24) is 9.97 Å². The van der Waals surface area contributed by atoms with Crippen molar-refractivity contribution >= 4 is 27.0 Å². The lowest BCUT2D eigenvalue weighted by atomic mass is 10.0. The molecule has 1 atom stereocenters. The highest BCUT2D eigenvalue weighted by molar-refractivity contribution is 9.10. The summed E-state index contributed by atoms with van der Waals surface area (Å²) in [6.07, 6.45) is 1.58. The van der Waals surface area contributed by atoms with E-state index in [0.717, 1.165) is 21.1 Å². The van der Waals surface area contributed by atoms with Gasteiger partial charge in [-0.05, 0) is 29.8 Å². The molecular formula is C12H10BrN3O2. The summed E-state index contributed by atoms with van der Waals surface area (Å²) in [7, 11) is 0. The van der Waals surface area contributed by atoms with Crippen LogP contribution in [0.1, 0.15) is 17.4 Å². The van der Waals surface area contributed by atoms with Gasteiger partial charge in [0.05, 0.1) is 23.3 Å². The number of hydrogen-bond acceptors (Lipinski definition) is 3. The molecule has 0 saturated carbocycles. The van der Waals surface area contributed by atoms with E-state index in [0.29, 0.717) is 5.76 Å². The minimum absolute atomic E-state index is 0.236. The van der Waals surface area contributed by atoms with Gasteiger partial charge in [0.1, 0.15) is 5.76 Å². The zero-order chi connectivity index (χ0) is 12.7. The fraction of sp³-hybridized carbons (Fsp3) is 0.0833. The fourth-order valence-corrected chi connectivity index (χ4v) is 2.52. The van der Waals surface area contributed by atoms with E-state index in [1.165, 1.54) is 0 Å². The van der Waals surface area contributed by atoms with Gasteiger partial charge in [-0.1, -0.05) is 15.9 Å². The fourth-order valence-electron chi connectivity index (χ4n) is 1.93. The van der Waals surface area contributed by atoms with Crippen LogP contribution in [0.5, 0.6) is 0 Å². The molecule has 18 heavy (non-hydrogen) atoms. The van der Waals surface area contributed by atoms with Crippen molar-refractivity contribution in [3.05, 3.63) is 56.8 Å². The normalized spacial score (nSPS) is 13.0. The average molecular weight is 308 g/mol. The molecule has 2 aromatic heterocycles. The number of nitrogens with two attached hydrogens (primary N) is 1. The molecule has 5 nitrogen and oxygen atoms in total. The van der Waals surface area contributed by atoms with Crippen LogP contribution in [0, 0.1) is 0 Å². The summed E-state index contributed by atoms with van der Waals surface area (Å²) < 4.78 is 6.12. The molecule has 3 rings (SSSR count). The molecule has 1 unspecified atom stereocenters. The minimum Gasteiger partial charge on any atom is -0.467 e. The monoisotopic (exact) mass is 307 g/mol. The Morgan fingerprint density at radius 2 is 2.00 bits per heavy atom. The van der Waals surface area contributed by atoms with Gasteiger partial charge in [-0.15, -0.1) is 0 Å². The van der Waals surface area contributed by atoms with Crippen LogP contribution in [0.25, 0.3) is 11.0 Å². The number of rotatable bonds is 2. The molecule has 4 N–H and O–H groups in total. The van der Waals surface area contributed by atoms with Gasteiger partial charge < -0.3 is 20.1 Å². The third-order valence-corrected chi connectivity index (χ3v) is 3.50. The maximum atomic E-state index is 11.2. The van der Waals surface area contributed by atoms with Gasteiger partial charge in [-0.3, -0.25) is 0 Å². The minimum atomic E-state index is -0.378. The van der Waals surface area contributed by atoms with Crippen molar-refractivity contribution in [3.63, 3.8) is 0 Å². The maximum absolute atomic E-state index is 11.2. The van der Waals surface area contributed by atoms with Crippen molar-refractivity contribution in [3.8, 4) is 0 Å². The predicted molar refractivity (Wildman–Crippen MR) is 71.4 cm³/mol. The van der Waals surface area contributed by atoms with Gasteiger partial charge in [-0.2, -0.15) is 0 Å². The van der Waals surface area contributed by atoms with E-state index in [9.17, 15) is 4.79 Å². The van der Waals surface area contributed by atoms with Gasteiger partial charge in [0, 0.05) is 4.47 Å². The van der Waals surface area contributed by atoms with E-state index in [1.807, 2.05) is 18.2 Å². The summed E-state index contributed by atoms with van der Waals surface area (Å²) in [4.78, 5) is 16.6. The molecule has 0 amide bonds. The number of H-pyrrole nitrogens is 2. The number of aromatic amines is 2. The Hall–Kier alpha value is -1.79. The molecule has 0 aliphatic carbocycles. The van der Waals surface area contributed by atoms with Gasteiger partial charge in [0.25, 0.3) is 0 Å². The summed E-state index contributed by atoms with van der Waals surface area (Å²) >= 11 is 3.46. The van der Waals surface area contributed by atoms with Gasteiger partial charge >= 0.3 is 5.69 Å². The lowest BCUT2D eigenvalue weighted by Crippen LogP contribution is -2.11. The van der Waals surface area contributed by atoms with Crippen LogP contribution in [0.4, 0.5) is 0 Å². The van der Waals surface area contributed by atoms with Crippen molar-refractivity contribution < 1.29 is 4.42 Å². The Bertz CT molecular complexity index is 742. The first-order valence-corrected chi connectivity index (χ1v) is 6.15. The lowest BCUT2D eigenvalue weighted by Gasteiger charge is -2.11. The van der Waals surface area contributed by atoms with E-state index in [-0.39, 0.29) is 11.7 Å². The van der Waals surface area contributed by atoms with E-state index >= 15 is 0 Å². The number of fused-ring (bicyclic) bond motifs is 1. The first kappa shape index (κ1) is 11.3. The zero-order valence-corrected chi connectivity index (χ0v) is 10.8. The van der Waals surface area contributed by atoms with Crippen molar-refractivity contribution in [2.24, 2.45) is 5.73 Å². The second-order valence-corrected chi connectivity index (χ2v) is 4.85. The highest BCUT2D eigenvalue weighted by Crippen LogP contribution is 2.29. The largest absolute Gasteiger partial charge is 0.467 e. The average Bonchev–Trinajstić information content (AvgIpc) is 2.94. The standard InChI is InChI=1S/C12H10BrN3O2/c13-7-5-9-8(15-12(17)16-9)4-6(7)11(14)10-2-1-3-18-10/h1-5,11H,14H2,(H2,15,16,17). The third kappa shape index (κ3) is 1.79. The SMILES string of the molecule is NC(c1ccco1)c1cc2[nH]c(=O)[nH]c2cc1Br. The van der Waals surface area contributed by atoms with E-state index in [2.05, 4.69) is 25.9 Å². The Morgan fingerprint density at radius 3 is 2.67 bits per heavy atom. The molecule has 2 heterocycles. The van der Waals surface area contributed by atoms with Crippen LogP contribution in [0.3, 0.4) is 0 Å². The van der Waals surface area contributed by atoms with E-state index < -0.39 is 0 Å². The number of benzene rings is 1. The number of aromatic nitrogens is 2. The summed E-state index contributed by atoms with van der Waals surface area (Å²) in [5.74, 6) is 0.674. The highest BCUT2D eigenvalue weighted by atomic mass is 79.9. The molecule has 0 radical (unpaired) electrons. The zero-order valence-electron chi connectivity index (χ0n) is 9.24. The number of imidazole rings is 1. The van der Waals surface area contributed by atoms with E-state index in [4.69, 9.17) is 10.2 Å². The number of halogens is 1. The summed E-state index contributed by atoms with van der Waals surface area (Å²) in [6, 6.07) is 6.90. The highest BCUT2D eigenvalue weighted by Gasteiger charge is 2.16. The molecule has 3 aromatic rings. The summed E-state index contributed by atoms with van der Waals surface area (Å²) in [5, 5.41) is 0. The first-order chi connectivity index (χ1) is 8.65. The molecule has 0 spiro atoms. The van der Waals surface area contributed by atoms with Crippen LogP contribution in [-0.4, -0.2) is 9.97 Å². The van der Waals surface area contributed by atoms with Crippen molar-refractivity contribution in [2.45, 2.75) is 6.04 Å². The molecule has 6 heteroatoms. The van der Waals surface area contributed by atoms with Crippen LogP contribution >= 0.6 is 15.9 Å². The second kappa shape index (κ2) is 4.15. The number of furan rings is 1. The van der Waals surface area contributed by atoms with E-state index in [1.54, 1.807) is 12.3 Å². The maximum Gasteiger partial charge on any atom is 0.323 e. The molecule has 0 fully saturated rings. The number of nitrogens with one attached hydrogen (secondary N) is 2. The molecule has 0 aliphatic rings. The molecule has 0 aliphatic heterocycles. The van der Waals surface area contributed by atoms with Crippen LogP contribution < -0.4 is 11.4 Å². The second-order valence-electron chi connectivity index (χ2n) is 3.99. The molecular weight excluding hydrogens is 298 g/mol. The van der Waals surface area contributed by atoms with Gasteiger partial charge in [-0.25, -0.2) is 4.79 Å². The predicted octanol–water partition coefficient (Wildman–Crippen LogP) is 2.26. The quantitative estimate of drug-likeness (QED) is 0.678. The van der Waals surface area contributed by atoms with Gasteiger partial charge in [0.2, 0.25) is 0 Å². The molecule has 0 saturated heterocycles. The Labute approximate surface area is 110 Å². The Kier molecular flexibility index (Phi) is 2.61. The smallest absolute Gasteiger partial charge is 0.323 e. The lowest BCUT2D eigenvalue weighted by molar-refractivity contribution is 0.489. The molecule has 1 aromatic carbocycles. The summed E-state index contributed by atoms with van der Waals surface area (Å²) in [5.41, 5.74) is 8.21. The Morgan fingerprint density at radius 1 is 1.28 bits per heavy atom. The first-order valence-electron chi connectivity index (χ1n) is 5.35. The number of hydrogen-bond donors (Lipinski definition) is 3. The molecule has 92 valence electrons.